The summed E-state index contributed by atoms with van der Waals surface area (Å²) in [5.74, 6) is 0. The fourth-order valence-corrected chi connectivity index (χ4v) is 3.93. The number of likely N-dealkylation sites (N-methyl/N-ethyl adjacent to an activating group) is 1. The molecule has 4 nitrogen and oxygen atoms in total. The number of thioether (sulfide) groups is 1. The maximum Gasteiger partial charge on any atom is 0.289 e. The van der Waals surface area contributed by atoms with Crippen LogP contribution in [-0.4, -0.2) is 36.6 Å². The maximum atomic E-state index is 11.2. The molecule has 1 aliphatic heterocycles. The predicted molar refractivity (Wildman–Crippen MR) is 95.8 cm³/mol. The molecule has 0 unspecified atom stereocenters. The first-order chi connectivity index (χ1) is 9.60. The van der Waals surface area contributed by atoms with Gasteiger partial charge in [-0.1, -0.05) is 24.2 Å². The molecule has 1 fully saturated rings. The number of carbonyl (C=O) groups is 1. The lowest BCUT2D eigenvalue weighted by Crippen LogP contribution is -2.25. The van der Waals surface area contributed by atoms with Crippen LogP contribution in [0.2, 0.25) is 0 Å². The third-order valence-corrected chi connectivity index (χ3v) is 5.52. The highest BCUT2D eigenvalue weighted by molar-refractivity contribution is 8.19. The van der Waals surface area contributed by atoms with Gasteiger partial charge in [0.15, 0.2) is 0 Å². The minimum absolute atomic E-state index is 0.0988. The Balaban J connectivity index is 2.00. The second-order valence-electron chi connectivity index (χ2n) is 4.05. The van der Waals surface area contributed by atoms with Gasteiger partial charge in [-0.2, -0.15) is 0 Å². The largest absolute Gasteiger partial charge is 0.365 e. The van der Waals surface area contributed by atoms with Crippen molar-refractivity contribution < 1.29 is 4.79 Å². The van der Waals surface area contributed by atoms with Crippen molar-refractivity contribution in [1.29, 1.82) is 0 Å². The van der Waals surface area contributed by atoms with Crippen molar-refractivity contribution in [3.63, 3.8) is 0 Å². The van der Waals surface area contributed by atoms with E-state index >= 15 is 0 Å². The summed E-state index contributed by atoms with van der Waals surface area (Å²) in [7, 11) is 2.07. The van der Waals surface area contributed by atoms with Crippen LogP contribution in [-0.2, 0) is 0 Å². The summed E-state index contributed by atoms with van der Waals surface area (Å²) < 4.78 is 3.23. The van der Waals surface area contributed by atoms with E-state index in [2.05, 4.69) is 34.1 Å². The summed E-state index contributed by atoms with van der Waals surface area (Å²) in [5.41, 5.74) is 0. The summed E-state index contributed by atoms with van der Waals surface area (Å²) >= 11 is 9.58. The molecule has 1 aromatic rings. The summed E-state index contributed by atoms with van der Waals surface area (Å²) in [6.07, 6.45) is 3.99. The van der Waals surface area contributed by atoms with Gasteiger partial charge >= 0.3 is 0 Å². The molecule has 0 radical (unpaired) electrons. The molecule has 0 aliphatic carbocycles. The third-order valence-electron chi connectivity index (χ3n) is 2.60. The Morgan fingerprint density at radius 3 is 3.00 bits per heavy atom. The number of carbonyl (C=O) groups excluding carboxylic acids is 1. The number of nitrogens with one attached hydrogen (secondary N) is 2. The van der Waals surface area contributed by atoms with E-state index in [0.29, 0.717) is 4.99 Å². The van der Waals surface area contributed by atoms with Crippen LogP contribution >= 0.6 is 47.3 Å². The van der Waals surface area contributed by atoms with E-state index in [1.165, 1.54) is 5.00 Å². The molecule has 0 atom stereocenters. The zero-order valence-electron chi connectivity index (χ0n) is 11.1. The Hall–Kier alpha value is -0.540. The number of amides is 1. The number of anilines is 1. The normalized spacial score (nSPS) is 16.8. The molecule has 0 aromatic carbocycles. The lowest BCUT2D eigenvalue weighted by atomic mass is 10.4. The number of thiocarbonyl (C=S) groups is 1. The molecule has 1 saturated heterocycles. The van der Waals surface area contributed by atoms with E-state index < -0.39 is 0 Å². The molecule has 1 amide bonds. The van der Waals surface area contributed by atoms with Crippen molar-refractivity contribution in [1.82, 2.24) is 10.0 Å². The zero-order valence-corrected chi connectivity index (χ0v) is 14.4. The number of rotatable bonds is 6. The summed E-state index contributed by atoms with van der Waals surface area (Å²) in [4.78, 5) is 15.9. The van der Waals surface area contributed by atoms with E-state index in [4.69, 9.17) is 12.2 Å². The lowest BCUT2D eigenvalue weighted by molar-refractivity contribution is 0.265. The first-order valence-corrected chi connectivity index (χ1v) is 9.18. The Morgan fingerprint density at radius 2 is 2.35 bits per heavy atom. The zero-order chi connectivity index (χ0) is 14.5. The van der Waals surface area contributed by atoms with Gasteiger partial charge in [0.05, 0.1) is 9.91 Å². The molecule has 2 N–H and O–H groups in total. The maximum absolute atomic E-state index is 11.2. The molecule has 2 rings (SSSR count). The molecule has 0 bridgehead atoms. The Labute approximate surface area is 136 Å². The average molecular weight is 346 g/mol. The van der Waals surface area contributed by atoms with Crippen LogP contribution in [0.1, 0.15) is 4.88 Å². The Bertz CT molecular complexity index is 541. The molecule has 2 heterocycles. The topological polar surface area (TPSA) is 44.4 Å². The highest BCUT2D eigenvalue weighted by Crippen LogP contribution is 2.31. The van der Waals surface area contributed by atoms with E-state index in [1.54, 1.807) is 23.3 Å². The molecular weight excluding hydrogens is 330 g/mol. The van der Waals surface area contributed by atoms with Crippen molar-refractivity contribution >= 4 is 68.6 Å². The number of hydrogen-bond acceptors (Lipinski definition) is 7. The highest BCUT2D eigenvalue weighted by atomic mass is 32.2. The first-order valence-electron chi connectivity index (χ1n) is 5.92. The molecule has 1 aliphatic rings. The number of hydrogen-bond donors (Lipinski definition) is 2. The third kappa shape index (κ3) is 4.23. The lowest BCUT2D eigenvalue weighted by Gasteiger charge is -2.16. The summed E-state index contributed by atoms with van der Waals surface area (Å²) in [6, 6.07) is 4.14. The van der Waals surface area contributed by atoms with Crippen molar-refractivity contribution in [3.8, 4) is 0 Å². The van der Waals surface area contributed by atoms with Crippen molar-refractivity contribution in [2.24, 2.45) is 0 Å². The van der Waals surface area contributed by atoms with Crippen LogP contribution < -0.4 is 14.9 Å². The fraction of sp³-hybridized carbons (Fsp3) is 0.333. The molecule has 0 saturated carbocycles. The average Bonchev–Trinajstić information content (AvgIpc) is 2.98. The summed E-state index contributed by atoms with van der Waals surface area (Å²) in [5, 5.41) is 3.72. The number of nitrogens with zero attached hydrogens (tertiary/aromatic N) is 1. The van der Waals surface area contributed by atoms with E-state index in [-0.39, 0.29) is 5.24 Å². The van der Waals surface area contributed by atoms with E-state index in [0.717, 1.165) is 34.6 Å². The van der Waals surface area contributed by atoms with Gasteiger partial charge in [0.1, 0.15) is 4.99 Å². The van der Waals surface area contributed by atoms with Crippen molar-refractivity contribution in [2.75, 3.05) is 31.3 Å². The minimum atomic E-state index is -0.0988. The smallest absolute Gasteiger partial charge is 0.289 e. The Kier molecular flexibility index (Phi) is 5.91. The monoisotopic (exact) mass is 345 g/mol. The van der Waals surface area contributed by atoms with Crippen LogP contribution in [0.5, 0.6) is 0 Å². The van der Waals surface area contributed by atoms with Crippen LogP contribution in [0.4, 0.5) is 9.80 Å². The standard InChI is InChI=1S/C12H15N3OS4/c1-15(6-5-13-18-2)10-4-3-8(19-10)7-9-11(17)14-12(16)20-9/h3-4,7,13H,5-6H2,1-2H3,(H,14,16,17)/b9-7-. The van der Waals surface area contributed by atoms with Gasteiger partial charge in [0, 0.05) is 25.0 Å². The van der Waals surface area contributed by atoms with Crippen LogP contribution in [0.15, 0.2) is 17.0 Å². The Morgan fingerprint density at radius 1 is 1.55 bits per heavy atom. The first kappa shape index (κ1) is 15.8. The quantitative estimate of drug-likeness (QED) is 0.357. The molecule has 1 aromatic heterocycles. The molecular formula is C12H15N3OS4. The van der Waals surface area contributed by atoms with E-state index in [9.17, 15) is 4.79 Å². The van der Waals surface area contributed by atoms with Gasteiger partial charge in [-0.3, -0.25) is 9.52 Å². The number of thiophene rings is 1. The van der Waals surface area contributed by atoms with Crippen LogP contribution in [0.3, 0.4) is 0 Å². The van der Waals surface area contributed by atoms with Gasteiger partial charge < -0.3 is 10.2 Å². The second kappa shape index (κ2) is 7.46. The van der Waals surface area contributed by atoms with Gasteiger partial charge in [-0.05, 0) is 36.2 Å². The molecule has 20 heavy (non-hydrogen) atoms. The molecule has 8 heteroatoms. The SMILES string of the molecule is CSNCCN(C)c1ccc(/C=C2\SC(=O)NC2=S)s1. The van der Waals surface area contributed by atoms with Gasteiger partial charge in [0.2, 0.25) is 0 Å². The van der Waals surface area contributed by atoms with Crippen LogP contribution in [0.25, 0.3) is 6.08 Å². The minimum Gasteiger partial charge on any atom is -0.365 e. The highest BCUT2D eigenvalue weighted by Gasteiger charge is 2.21. The molecule has 0 spiro atoms. The van der Waals surface area contributed by atoms with Gasteiger partial charge in [0.25, 0.3) is 5.24 Å². The second-order valence-corrected chi connectivity index (χ2v) is 7.26. The summed E-state index contributed by atoms with van der Waals surface area (Å²) in [6.45, 7) is 1.88. The fourth-order valence-electron chi connectivity index (χ4n) is 1.60. The van der Waals surface area contributed by atoms with Gasteiger partial charge in [-0.25, -0.2) is 0 Å². The van der Waals surface area contributed by atoms with Crippen LogP contribution in [0, 0.1) is 0 Å². The predicted octanol–water partition coefficient (Wildman–Crippen LogP) is 3.18. The van der Waals surface area contributed by atoms with Crippen molar-refractivity contribution in [2.45, 2.75) is 0 Å². The van der Waals surface area contributed by atoms with Gasteiger partial charge in [-0.15, -0.1) is 11.3 Å². The van der Waals surface area contributed by atoms with Crippen molar-refractivity contribution in [3.05, 3.63) is 21.9 Å². The van der Waals surface area contributed by atoms with E-state index in [1.807, 2.05) is 12.3 Å². The molecule has 108 valence electrons.